The summed E-state index contributed by atoms with van der Waals surface area (Å²) in [7, 11) is 0. The molecule has 0 saturated carbocycles. The molecule has 1 amide bonds. The van der Waals surface area contributed by atoms with Crippen LogP contribution in [-0.2, 0) is 10.2 Å². The number of rotatable bonds is 4. The third-order valence-electron chi connectivity index (χ3n) is 4.24. The highest BCUT2D eigenvalue weighted by molar-refractivity contribution is 5.99. The second-order valence-corrected chi connectivity index (χ2v) is 6.76. The molecule has 0 aliphatic heterocycles. The van der Waals surface area contributed by atoms with Crippen LogP contribution in [0.4, 0.5) is 5.69 Å². The van der Waals surface area contributed by atoms with E-state index in [0.29, 0.717) is 5.69 Å². The number of nitrogens with zero attached hydrogens (tertiary/aromatic N) is 3. The molecule has 0 fully saturated rings. The fourth-order valence-corrected chi connectivity index (χ4v) is 2.66. The van der Waals surface area contributed by atoms with Crippen molar-refractivity contribution in [3.8, 4) is 0 Å². The van der Waals surface area contributed by atoms with Crippen molar-refractivity contribution in [2.75, 3.05) is 5.32 Å². The topological polar surface area (TPSA) is 59.8 Å². The smallest absolute Gasteiger partial charge is 0.234 e. The van der Waals surface area contributed by atoms with Crippen molar-refractivity contribution >= 4 is 22.6 Å². The maximum atomic E-state index is 12.7. The third kappa shape index (κ3) is 2.89. The number of nitrogens with one attached hydrogen (secondary N) is 1. The van der Waals surface area contributed by atoms with Gasteiger partial charge < -0.3 is 5.32 Å². The Bertz CT molecular complexity index is 865. The van der Waals surface area contributed by atoms with Crippen LogP contribution in [0.2, 0.25) is 0 Å². The minimum absolute atomic E-state index is 0.0638. The summed E-state index contributed by atoms with van der Waals surface area (Å²) in [5.74, 6) is -0.0638. The minimum atomic E-state index is -0.627. The maximum absolute atomic E-state index is 12.7. The number of amides is 1. The van der Waals surface area contributed by atoms with Crippen LogP contribution in [0.25, 0.3) is 11.0 Å². The monoisotopic (exact) mass is 322 g/mol. The molecule has 0 radical (unpaired) electrons. The summed E-state index contributed by atoms with van der Waals surface area (Å²) < 4.78 is 1.87. The van der Waals surface area contributed by atoms with Crippen molar-refractivity contribution in [3.63, 3.8) is 0 Å². The third-order valence-corrected chi connectivity index (χ3v) is 4.24. The lowest BCUT2D eigenvalue weighted by Crippen LogP contribution is -2.34. The van der Waals surface area contributed by atoms with Gasteiger partial charge in [-0.1, -0.05) is 30.3 Å². The fourth-order valence-electron chi connectivity index (χ4n) is 2.66. The highest BCUT2D eigenvalue weighted by Crippen LogP contribution is 2.26. The van der Waals surface area contributed by atoms with Gasteiger partial charge in [0.2, 0.25) is 5.91 Å². The number of hydrogen-bond acceptors (Lipinski definition) is 3. The lowest BCUT2D eigenvalue weighted by Gasteiger charge is -2.24. The summed E-state index contributed by atoms with van der Waals surface area (Å²) in [5, 5.41) is 8.24. The van der Waals surface area contributed by atoms with Crippen molar-refractivity contribution in [2.24, 2.45) is 0 Å². The van der Waals surface area contributed by atoms with E-state index in [2.05, 4.69) is 29.2 Å². The average molecular weight is 322 g/mol. The summed E-state index contributed by atoms with van der Waals surface area (Å²) in [4.78, 5) is 17.2. The maximum Gasteiger partial charge on any atom is 0.234 e. The Morgan fingerprint density at radius 3 is 2.54 bits per heavy atom. The first kappa shape index (κ1) is 16.2. The number of fused-ring (bicyclic) bond motifs is 1. The van der Waals surface area contributed by atoms with Crippen LogP contribution >= 0.6 is 0 Å². The van der Waals surface area contributed by atoms with Gasteiger partial charge in [0.25, 0.3) is 0 Å². The number of hydrogen-bond donors (Lipinski definition) is 1. The molecule has 2 heterocycles. The average Bonchev–Trinajstić information content (AvgIpc) is 2.99. The zero-order valence-corrected chi connectivity index (χ0v) is 14.4. The van der Waals surface area contributed by atoms with Crippen LogP contribution in [0.5, 0.6) is 0 Å². The van der Waals surface area contributed by atoms with Crippen molar-refractivity contribution in [3.05, 3.63) is 54.4 Å². The van der Waals surface area contributed by atoms with Crippen molar-refractivity contribution in [1.29, 1.82) is 0 Å². The quantitative estimate of drug-likeness (QED) is 0.792. The van der Waals surface area contributed by atoms with E-state index in [4.69, 9.17) is 0 Å². The Morgan fingerprint density at radius 1 is 1.17 bits per heavy atom. The second-order valence-electron chi connectivity index (χ2n) is 6.76. The van der Waals surface area contributed by atoms with E-state index in [9.17, 15) is 4.79 Å². The van der Waals surface area contributed by atoms with E-state index in [1.165, 1.54) is 0 Å². The van der Waals surface area contributed by atoms with Crippen molar-refractivity contribution in [2.45, 2.75) is 39.2 Å². The molecule has 0 atom stereocenters. The molecule has 0 aliphatic carbocycles. The summed E-state index contributed by atoms with van der Waals surface area (Å²) in [5.41, 5.74) is 1.85. The minimum Gasteiger partial charge on any atom is -0.324 e. The van der Waals surface area contributed by atoms with Crippen molar-refractivity contribution in [1.82, 2.24) is 14.8 Å². The number of aromatic nitrogens is 3. The first-order chi connectivity index (χ1) is 11.4. The molecule has 1 N–H and O–H groups in total. The Morgan fingerprint density at radius 2 is 1.88 bits per heavy atom. The predicted molar refractivity (Wildman–Crippen MR) is 96.0 cm³/mol. The van der Waals surface area contributed by atoms with E-state index in [-0.39, 0.29) is 11.9 Å². The number of pyridine rings is 1. The molecule has 0 unspecified atom stereocenters. The van der Waals surface area contributed by atoms with E-state index < -0.39 is 5.41 Å². The molecular weight excluding hydrogens is 300 g/mol. The largest absolute Gasteiger partial charge is 0.324 e. The van der Waals surface area contributed by atoms with E-state index in [0.717, 1.165) is 16.6 Å². The zero-order chi connectivity index (χ0) is 17.3. The predicted octanol–water partition coefficient (Wildman–Crippen LogP) is 3.93. The van der Waals surface area contributed by atoms with Gasteiger partial charge in [0.1, 0.15) is 0 Å². The number of benzene rings is 1. The van der Waals surface area contributed by atoms with Gasteiger partial charge in [-0.3, -0.25) is 4.79 Å². The molecule has 0 bridgehead atoms. The molecule has 24 heavy (non-hydrogen) atoms. The molecule has 0 aliphatic rings. The summed E-state index contributed by atoms with van der Waals surface area (Å²) in [6, 6.07) is 11.9. The SMILES string of the molecule is CC(C)n1ncc2cc(NC(=O)C(C)(C)c3ccccc3)cnc21. The fraction of sp³-hybridized carbons (Fsp3) is 0.316. The van der Waals surface area contributed by atoms with Gasteiger partial charge in [0, 0.05) is 11.4 Å². The van der Waals surface area contributed by atoms with Gasteiger partial charge in [-0.05, 0) is 39.3 Å². The Kier molecular flexibility index (Phi) is 4.09. The van der Waals surface area contributed by atoms with Crippen LogP contribution < -0.4 is 5.32 Å². The lowest BCUT2D eigenvalue weighted by molar-refractivity contribution is -0.120. The van der Waals surface area contributed by atoms with E-state index in [1.807, 2.05) is 54.9 Å². The zero-order valence-electron chi connectivity index (χ0n) is 14.4. The van der Waals surface area contributed by atoms with Crippen molar-refractivity contribution < 1.29 is 4.79 Å². The van der Waals surface area contributed by atoms with Gasteiger partial charge in [-0.25, -0.2) is 9.67 Å². The summed E-state index contributed by atoms with van der Waals surface area (Å²) in [6.45, 7) is 7.96. The Labute approximate surface area is 141 Å². The van der Waals surface area contributed by atoms with Gasteiger partial charge in [0.05, 0.1) is 23.5 Å². The highest BCUT2D eigenvalue weighted by atomic mass is 16.2. The number of carbonyl (C=O) groups is 1. The second kappa shape index (κ2) is 6.07. The van der Waals surface area contributed by atoms with Gasteiger partial charge in [0.15, 0.2) is 5.65 Å². The molecule has 124 valence electrons. The number of carbonyl (C=O) groups excluding carboxylic acids is 1. The Hall–Kier alpha value is -2.69. The molecule has 5 nitrogen and oxygen atoms in total. The molecule has 2 aromatic heterocycles. The first-order valence-corrected chi connectivity index (χ1v) is 8.10. The Balaban J connectivity index is 1.85. The van der Waals surface area contributed by atoms with Crippen LogP contribution in [-0.4, -0.2) is 20.7 Å². The standard InChI is InChI=1S/C19H22N4O/c1-13(2)23-17-14(11-21-23)10-16(12-20-17)22-18(24)19(3,4)15-8-6-5-7-9-15/h5-13H,1-4H3,(H,22,24). The number of anilines is 1. The normalized spacial score (nSPS) is 11.9. The molecule has 3 aromatic rings. The molecule has 1 aromatic carbocycles. The van der Waals surface area contributed by atoms with Crippen LogP contribution in [0.1, 0.15) is 39.3 Å². The summed E-state index contributed by atoms with van der Waals surface area (Å²) in [6.07, 6.45) is 3.46. The molecule has 3 rings (SSSR count). The lowest BCUT2D eigenvalue weighted by atomic mass is 9.83. The molecule has 0 saturated heterocycles. The summed E-state index contributed by atoms with van der Waals surface area (Å²) >= 11 is 0. The van der Waals surface area contributed by atoms with Crippen LogP contribution in [0, 0.1) is 0 Å². The van der Waals surface area contributed by atoms with E-state index in [1.54, 1.807) is 12.4 Å². The van der Waals surface area contributed by atoms with Gasteiger partial charge >= 0.3 is 0 Å². The van der Waals surface area contributed by atoms with Gasteiger partial charge in [-0.15, -0.1) is 0 Å². The molecule has 5 heteroatoms. The van der Waals surface area contributed by atoms with Crippen LogP contribution in [0.3, 0.4) is 0 Å². The molecule has 0 spiro atoms. The van der Waals surface area contributed by atoms with Gasteiger partial charge in [-0.2, -0.15) is 5.10 Å². The van der Waals surface area contributed by atoms with Crippen LogP contribution in [0.15, 0.2) is 48.8 Å². The van der Waals surface area contributed by atoms with E-state index >= 15 is 0 Å². The first-order valence-electron chi connectivity index (χ1n) is 8.10. The molecular formula is C19H22N4O. The highest BCUT2D eigenvalue weighted by Gasteiger charge is 2.29.